The third kappa shape index (κ3) is 4.47. The van der Waals surface area contributed by atoms with Crippen molar-refractivity contribution in [2.24, 2.45) is 16.7 Å². The number of rotatable bonds is 5. The van der Waals surface area contributed by atoms with Crippen molar-refractivity contribution in [1.82, 2.24) is 14.7 Å². The van der Waals surface area contributed by atoms with E-state index in [1.54, 1.807) is 0 Å². The van der Waals surface area contributed by atoms with Crippen molar-refractivity contribution in [3.05, 3.63) is 0 Å². The maximum Gasteiger partial charge on any atom is 0.0120 e. The molecule has 1 aliphatic carbocycles. The summed E-state index contributed by atoms with van der Waals surface area (Å²) in [5.74, 6) is 0.873. The van der Waals surface area contributed by atoms with E-state index < -0.39 is 0 Å². The molecule has 3 aliphatic heterocycles. The SMILES string of the molecule is CC(C)CC1(CN2CCC3(CC2)CCN(C2CCN(C)CC2)CC3)CC1. The lowest BCUT2D eigenvalue weighted by Gasteiger charge is -2.49. The highest BCUT2D eigenvalue weighted by molar-refractivity contribution is 4.98. The van der Waals surface area contributed by atoms with Crippen molar-refractivity contribution in [2.75, 3.05) is 52.9 Å². The smallest absolute Gasteiger partial charge is 0.0120 e. The van der Waals surface area contributed by atoms with Crippen molar-refractivity contribution < 1.29 is 0 Å². The molecule has 0 aromatic rings. The third-order valence-corrected chi connectivity index (χ3v) is 8.34. The van der Waals surface area contributed by atoms with Crippen LogP contribution in [0.4, 0.5) is 0 Å². The molecule has 3 nitrogen and oxygen atoms in total. The molecule has 150 valence electrons. The highest BCUT2D eigenvalue weighted by atomic mass is 15.2. The fraction of sp³-hybridized carbons (Fsp3) is 1.00. The largest absolute Gasteiger partial charge is 0.306 e. The quantitative estimate of drug-likeness (QED) is 0.730. The molecule has 0 unspecified atom stereocenters. The molecule has 1 spiro atoms. The monoisotopic (exact) mass is 361 g/mol. The van der Waals surface area contributed by atoms with E-state index in [0.717, 1.165) is 17.4 Å². The van der Waals surface area contributed by atoms with Gasteiger partial charge < -0.3 is 14.7 Å². The molecule has 4 rings (SSSR count). The fourth-order valence-electron chi connectivity index (χ4n) is 6.35. The van der Waals surface area contributed by atoms with Crippen LogP contribution in [0.2, 0.25) is 0 Å². The van der Waals surface area contributed by atoms with Gasteiger partial charge in [0.1, 0.15) is 0 Å². The Morgan fingerprint density at radius 1 is 0.808 bits per heavy atom. The van der Waals surface area contributed by atoms with Crippen LogP contribution < -0.4 is 0 Å². The van der Waals surface area contributed by atoms with E-state index in [9.17, 15) is 0 Å². The third-order valence-electron chi connectivity index (χ3n) is 8.34. The van der Waals surface area contributed by atoms with Crippen molar-refractivity contribution >= 4 is 0 Å². The van der Waals surface area contributed by atoms with Crippen LogP contribution in [0.1, 0.15) is 71.6 Å². The van der Waals surface area contributed by atoms with Gasteiger partial charge in [0.15, 0.2) is 0 Å². The lowest BCUT2D eigenvalue weighted by atomic mass is 9.70. The molecule has 26 heavy (non-hydrogen) atoms. The van der Waals surface area contributed by atoms with Crippen LogP contribution in [0.15, 0.2) is 0 Å². The first-order valence-electron chi connectivity index (χ1n) is 11.6. The Bertz CT molecular complexity index is 444. The van der Waals surface area contributed by atoms with Gasteiger partial charge in [-0.1, -0.05) is 13.8 Å². The minimum atomic E-state index is 0.702. The second-order valence-corrected chi connectivity index (χ2v) is 10.9. The molecule has 0 amide bonds. The highest BCUT2D eigenvalue weighted by Crippen LogP contribution is 2.52. The molecule has 0 atom stereocenters. The summed E-state index contributed by atoms with van der Waals surface area (Å²) in [5, 5.41) is 0. The average Bonchev–Trinajstić information content (AvgIpc) is 3.37. The normalized spacial score (nSPS) is 30.9. The minimum Gasteiger partial charge on any atom is -0.306 e. The Morgan fingerprint density at radius 2 is 1.38 bits per heavy atom. The van der Waals surface area contributed by atoms with Gasteiger partial charge in [-0.05, 0) is 121 Å². The van der Waals surface area contributed by atoms with E-state index in [1.165, 1.54) is 104 Å². The lowest BCUT2D eigenvalue weighted by Crippen LogP contribution is -2.51. The molecular formula is C23H43N3. The van der Waals surface area contributed by atoms with Crippen molar-refractivity contribution in [3.63, 3.8) is 0 Å². The number of piperidine rings is 3. The van der Waals surface area contributed by atoms with Crippen molar-refractivity contribution in [3.8, 4) is 0 Å². The summed E-state index contributed by atoms with van der Waals surface area (Å²) >= 11 is 0. The van der Waals surface area contributed by atoms with Crippen LogP contribution in [-0.4, -0.2) is 73.6 Å². The summed E-state index contributed by atoms with van der Waals surface area (Å²) in [6.45, 7) is 14.4. The summed E-state index contributed by atoms with van der Waals surface area (Å²) in [4.78, 5) is 8.19. The van der Waals surface area contributed by atoms with Crippen LogP contribution in [0.3, 0.4) is 0 Å². The number of nitrogens with zero attached hydrogens (tertiary/aromatic N) is 3. The van der Waals surface area contributed by atoms with Gasteiger partial charge in [-0.25, -0.2) is 0 Å². The second kappa shape index (κ2) is 7.72. The van der Waals surface area contributed by atoms with Gasteiger partial charge >= 0.3 is 0 Å². The Kier molecular flexibility index (Phi) is 5.70. The maximum absolute atomic E-state index is 2.85. The molecule has 0 radical (unpaired) electrons. The predicted molar refractivity (Wildman–Crippen MR) is 111 cm³/mol. The van der Waals surface area contributed by atoms with Gasteiger partial charge in [-0.15, -0.1) is 0 Å². The summed E-state index contributed by atoms with van der Waals surface area (Å²) in [5.41, 5.74) is 1.42. The van der Waals surface area contributed by atoms with Crippen molar-refractivity contribution in [1.29, 1.82) is 0 Å². The number of hydrogen-bond donors (Lipinski definition) is 0. The molecule has 3 heteroatoms. The highest BCUT2D eigenvalue weighted by Gasteiger charge is 2.46. The van der Waals surface area contributed by atoms with E-state index in [0.29, 0.717) is 5.41 Å². The zero-order valence-corrected chi connectivity index (χ0v) is 17.8. The first-order chi connectivity index (χ1) is 12.5. The molecule has 4 fully saturated rings. The first-order valence-corrected chi connectivity index (χ1v) is 11.6. The lowest BCUT2D eigenvalue weighted by molar-refractivity contribution is 0.00412. The molecule has 3 saturated heterocycles. The summed E-state index contributed by atoms with van der Waals surface area (Å²) in [6.07, 6.45) is 13.2. The fourth-order valence-corrected chi connectivity index (χ4v) is 6.35. The standard InChI is InChI=1S/C23H43N3/c1-20(2)18-23(6-7-23)19-25-14-8-22(9-15-25)10-16-26(17-11-22)21-4-12-24(3)13-5-21/h20-21H,4-19H2,1-3H3. The minimum absolute atomic E-state index is 0.702. The Morgan fingerprint density at radius 3 is 1.92 bits per heavy atom. The zero-order valence-electron chi connectivity index (χ0n) is 17.8. The van der Waals surface area contributed by atoms with Gasteiger partial charge in [-0.2, -0.15) is 0 Å². The second-order valence-electron chi connectivity index (χ2n) is 10.9. The molecule has 0 aromatic carbocycles. The molecule has 0 aromatic heterocycles. The van der Waals surface area contributed by atoms with Crippen LogP contribution in [0.25, 0.3) is 0 Å². The summed E-state index contributed by atoms with van der Waals surface area (Å²) in [6, 6.07) is 0.884. The van der Waals surface area contributed by atoms with Gasteiger partial charge in [0.2, 0.25) is 0 Å². The van der Waals surface area contributed by atoms with E-state index in [1.807, 2.05) is 0 Å². The molecule has 0 bridgehead atoms. The van der Waals surface area contributed by atoms with Crippen molar-refractivity contribution in [2.45, 2.75) is 77.7 Å². The maximum atomic E-state index is 2.85. The van der Waals surface area contributed by atoms with Crippen LogP contribution in [0, 0.1) is 16.7 Å². The zero-order chi connectivity index (χ0) is 18.2. The van der Waals surface area contributed by atoms with Gasteiger partial charge in [-0.3, -0.25) is 0 Å². The van der Waals surface area contributed by atoms with E-state index in [2.05, 4.69) is 35.6 Å². The number of likely N-dealkylation sites (tertiary alicyclic amines) is 3. The predicted octanol–water partition coefficient (Wildman–Crippen LogP) is 4.08. The van der Waals surface area contributed by atoms with Gasteiger partial charge in [0.05, 0.1) is 0 Å². The number of hydrogen-bond acceptors (Lipinski definition) is 3. The van der Waals surface area contributed by atoms with Gasteiger partial charge in [0, 0.05) is 12.6 Å². The summed E-state index contributed by atoms with van der Waals surface area (Å²) < 4.78 is 0. The molecular weight excluding hydrogens is 318 g/mol. The van der Waals surface area contributed by atoms with E-state index in [4.69, 9.17) is 0 Å². The van der Waals surface area contributed by atoms with Crippen LogP contribution >= 0.6 is 0 Å². The Hall–Kier alpha value is -0.120. The Labute approximate surface area is 162 Å². The molecule has 0 N–H and O–H groups in total. The van der Waals surface area contributed by atoms with Gasteiger partial charge in [0.25, 0.3) is 0 Å². The van der Waals surface area contributed by atoms with E-state index in [-0.39, 0.29) is 0 Å². The average molecular weight is 362 g/mol. The molecule has 1 saturated carbocycles. The van der Waals surface area contributed by atoms with Crippen LogP contribution in [-0.2, 0) is 0 Å². The molecule has 3 heterocycles. The summed E-state index contributed by atoms with van der Waals surface area (Å²) in [7, 11) is 2.28. The first kappa shape index (κ1) is 19.2. The Balaban J connectivity index is 1.21. The molecule has 4 aliphatic rings. The topological polar surface area (TPSA) is 9.72 Å². The van der Waals surface area contributed by atoms with E-state index >= 15 is 0 Å². The van der Waals surface area contributed by atoms with Crippen LogP contribution in [0.5, 0.6) is 0 Å².